The highest BCUT2D eigenvalue weighted by molar-refractivity contribution is 7.91. The van der Waals surface area contributed by atoms with Gasteiger partial charge in [-0.2, -0.15) is 0 Å². The van der Waals surface area contributed by atoms with Crippen LogP contribution in [0.5, 0.6) is 0 Å². The number of anilines is 1. The molecule has 0 saturated heterocycles. The molecule has 128 valence electrons. The maximum Gasteiger partial charge on any atom is 0.211 e. The van der Waals surface area contributed by atoms with Crippen LogP contribution in [-0.4, -0.2) is 28.9 Å². The summed E-state index contributed by atoms with van der Waals surface area (Å²) < 4.78 is 11.1. The Labute approximate surface area is 143 Å². The Morgan fingerprint density at radius 1 is 1.22 bits per heavy atom. The topological polar surface area (TPSA) is 52.2 Å². The van der Waals surface area contributed by atoms with Crippen molar-refractivity contribution in [3.8, 4) is 0 Å². The van der Waals surface area contributed by atoms with Crippen molar-refractivity contribution < 1.29 is 9.35 Å². The molecule has 1 aromatic rings. The summed E-state index contributed by atoms with van der Waals surface area (Å²) in [5.74, 6) is 1.90. The molecule has 1 aliphatic carbocycles. The molecule has 1 atom stereocenters. The Bertz CT molecular complexity index is 479. The molecule has 0 aromatic heterocycles. The predicted molar refractivity (Wildman–Crippen MR) is 98.6 cm³/mol. The fraction of sp³-hybridized carbons (Fsp3) is 0.632. The zero-order chi connectivity index (χ0) is 16.7. The summed E-state index contributed by atoms with van der Waals surface area (Å²) in [5.41, 5.74) is 1.69. The van der Waals surface area contributed by atoms with Crippen LogP contribution >= 0.6 is 0 Å². The van der Waals surface area contributed by atoms with Crippen LogP contribution in [0, 0.1) is 11.8 Å². The van der Waals surface area contributed by atoms with Crippen molar-refractivity contribution in [2.45, 2.75) is 45.4 Å². The Hall–Kier alpha value is -1.00. The number of ketones is 1. The molecular weight excluding hydrogens is 306 g/mol. The number of benzene rings is 1. The lowest BCUT2D eigenvalue weighted by Crippen LogP contribution is -2.14. The summed E-state index contributed by atoms with van der Waals surface area (Å²) in [6.45, 7) is 3.35. The third-order valence-corrected chi connectivity index (χ3v) is 5.46. The van der Waals surface area contributed by atoms with Gasteiger partial charge in [-0.05, 0) is 60.1 Å². The number of nitrogens with one attached hydrogen (secondary N) is 1. The van der Waals surface area contributed by atoms with E-state index in [1.54, 1.807) is 6.26 Å². The molecule has 0 bridgehead atoms. The molecule has 0 radical (unpaired) electrons. The van der Waals surface area contributed by atoms with E-state index in [2.05, 4.69) is 12.2 Å². The molecule has 1 saturated carbocycles. The van der Waals surface area contributed by atoms with E-state index in [1.807, 2.05) is 24.3 Å². The van der Waals surface area contributed by atoms with Gasteiger partial charge >= 0.3 is 0 Å². The van der Waals surface area contributed by atoms with Crippen molar-refractivity contribution in [3.05, 3.63) is 29.8 Å². The van der Waals surface area contributed by atoms with Gasteiger partial charge in [0.1, 0.15) is 0 Å². The number of hydrogen-bond donors (Lipinski definition) is 1. The zero-order valence-corrected chi connectivity index (χ0v) is 15.2. The lowest BCUT2D eigenvalue weighted by Gasteiger charge is -2.26. The number of carbonyl (C=O) groups excluding carboxylic acids is 1. The Kier molecular flexibility index (Phi) is 7.44. The maximum absolute atomic E-state index is 11.8. The summed E-state index contributed by atoms with van der Waals surface area (Å²) in [5, 5.41) is 3.43. The largest absolute Gasteiger partial charge is 0.616 e. The number of hydrogen-bond acceptors (Lipinski definition) is 3. The first-order chi connectivity index (χ1) is 11.0. The van der Waals surface area contributed by atoms with Gasteiger partial charge in [0.15, 0.2) is 5.75 Å². The van der Waals surface area contributed by atoms with E-state index in [9.17, 15) is 9.35 Å². The van der Waals surface area contributed by atoms with Crippen LogP contribution in [-0.2, 0) is 11.2 Å². The average molecular weight is 336 g/mol. The van der Waals surface area contributed by atoms with Crippen LogP contribution in [0.4, 0.5) is 5.69 Å². The van der Waals surface area contributed by atoms with Crippen LogP contribution in [0.15, 0.2) is 24.3 Å². The van der Waals surface area contributed by atoms with Crippen molar-refractivity contribution in [1.82, 2.24) is 0 Å². The minimum atomic E-state index is -1.08. The van der Waals surface area contributed by atoms with Gasteiger partial charge in [0.25, 0.3) is 0 Å². The van der Waals surface area contributed by atoms with Gasteiger partial charge in [-0.1, -0.05) is 32.6 Å². The Balaban J connectivity index is 1.67. The summed E-state index contributed by atoms with van der Waals surface area (Å²) >= 11 is -1.08. The summed E-state index contributed by atoms with van der Waals surface area (Å²) in [7, 11) is 0. The van der Waals surface area contributed by atoms with Gasteiger partial charge in [0.2, 0.25) is 5.78 Å². The molecule has 0 heterocycles. The third kappa shape index (κ3) is 6.56. The van der Waals surface area contributed by atoms with Crippen LogP contribution in [0.3, 0.4) is 0 Å². The van der Waals surface area contributed by atoms with E-state index >= 15 is 0 Å². The van der Waals surface area contributed by atoms with Gasteiger partial charge in [0, 0.05) is 17.8 Å². The van der Waals surface area contributed by atoms with Crippen molar-refractivity contribution in [2.24, 2.45) is 11.8 Å². The SMILES string of the molecule is CC1CCC(CCCNc2ccc(C(=O)C[S+](C)[O-])cc2)CC1. The Morgan fingerprint density at radius 3 is 2.48 bits per heavy atom. The van der Waals surface area contributed by atoms with E-state index in [4.69, 9.17) is 0 Å². The zero-order valence-electron chi connectivity index (χ0n) is 14.3. The normalized spacial score (nSPS) is 22.6. The molecule has 1 N–H and O–H groups in total. The Morgan fingerprint density at radius 2 is 1.87 bits per heavy atom. The average Bonchev–Trinajstić information content (AvgIpc) is 2.53. The quantitative estimate of drug-likeness (QED) is 0.438. The van der Waals surface area contributed by atoms with Gasteiger partial charge < -0.3 is 9.87 Å². The smallest absolute Gasteiger partial charge is 0.211 e. The molecule has 1 aromatic carbocycles. The monoisotopic (exact) mass is 335 g/mol. The molecule has 23 heavy (non-hydrogen) atoms. The van der Waals surface area contributed by atoms with E-state index < -0.39 is 11.2 Å². The van der Waals surface area contributed by atoms with Gasteiger partial charge in [-0.3, -0.25) is 4.79 Å². The first kappa shape index (κ1) is 18.3. The van der Waals surface area contributed by atoms with Crippen LogP contribution in [0.1, 0.15) is 55.8 Å². The van der Waals surface area contributed by atoms with Gasteiger partial charge in [0.05, 0.1) is 6.26 Å². The summed E-state index contributed by atoms with van der Waals surface area (Å²) in [6.07, 6.45) is 9.67. The maximum atomic E-state index is 11.8. The lowest BCUT2D eigenvalue weighted by molar-refractivity contribution is 0.102. The summed E-state index contributed by atoms with van der Waals surface area (Å²) in [4.78, 5) is 11.8. The second-order valence-corrected chi connectivity index (χ2v) is 8.35. The molecule has 0 spiro atoms. The molecule has 1 unspecified atom stereocenters. The predicted octanol–water partition coefficient (Wildman–Crippen LogP) is 4.27. The number of Topliss-reactive ketones (excluding diaryl/α,β-unsaturated/α-hetero) is 1. The van der Waals surface area contributed by atoms with Gasteiger partial charge in [-0.15, -0.1) is 0 Å². The second kappa shape index (κ2) is 9.33. The van der Waals surface area contributed by atoms with Crippen molar-refractivity contribution >= 4 is 22.6 Å². The van der Waals surface area contributed by atoms with Crippen LogP contribution in [0.25, 0.3) is 0 Å². The van der Waals surface area contributed by atoms with E-state index in [-0.39, 0.29) is 11.5 Å². The number of carbonyl (C=O) groups is 1. The molecule has 2 rings (SSSR count). The third-order valence-electron chi connectivity index (χ3n) is 4.79. The molecule has 4 heteroatoms. The highest BCUT2D eigenvalue weighted by Gasteiger charge is 2.17. The molecule has 0 aliphatic heterocycles. The van der Waals surface area contributed by atoms with Crippen molar-refractivity contribution in [2.75, 3.05) is 23.9 Å². The standard InChI is InChI=1S/C19H29NO2S/c1-15-5-7-16(8-6-15)4-3-13-20-18-11-9-17(10-12-18)19(21)14-23(2)22/h9-12,15-16,20H,3-8,13-14H2,1-2H3. The molecule has 3 nitrogen and oxygen atoms in total. The highest BCUT2D eigenvalue weighted by Crippen LogP contribution is 2.30. The highest BCUT2D eigenvalue weighted by atomic mass is 32.2. The molecule has 1 fully saturated rings. The van der Waals surface area contributed by atoms with E-state index in [1.165, 1.54) is 38.5 Å². The van der Waals surface area contributed by atoms with Gasteiger partial charge in [-0.25, -0.2) is 0 Å². The van der Waals surface area contributed by atoms with E-state index in [0.717, 1.165) is 24.1 Å². The molecule has 1 aliphatic rings. The first-order valence-corrected chi connectivity index (χ1v) is 10.4. The van der Waals surface area contributed by atoms with Crippen LogP contribution in [0.2, 0.25) is 0 Å². The molecule has 0 amide bonds. The second-order valence-electron chi connectivity index (χ2n) is 6.91. The summed E-state index contributed by atoms with van der Waals surface area (Å²) in [6, 6.07) is 7.52. The fourth-order valence-corrected chi connectivity index (χ4v) is 3.82. The minimum absolute atomic E-state index is 0.0519. The number of rotatable bonds is 8. The van der Waals surface area contributed by atoms with Crippen molar-refractivity contribution in [1.29, 1.82) is 0 Å². The fourth-order valence-electron chi connectivity index (χ4n) is 3.28. The lowest BCUT2D eigenvalue weighted by atomic mass is 9.81. The minimum Gasteiger partial charge on any atom is -0.616 e. The van der Waals surface area contributed by atoms with Crippen molar-refractivity contribution in [3.63, 3.8) is 0 Å². The molecular formula is C19H29NO2S. The van der Waals surface area contributed by atoms with E-state index in [0.29, 0.717) is 5.56 Å². The van der Waals surface area contributed by atoms with Crippen LogP contribution < -0.4 is 5.32 Å². The first-order valence-electron chi connectivity index (χ1n) is 8.71.